The fourth-order valence-corrected chi connectivity index (χ4v) is 3.65. The zero-order valence-electron chi connectivity index (χ0n) is 15.5. The van der Waals surface area contributed by atoms with Crippen molar-refractivity contribution < 1.29 is 19.1 Å². The Morgan fingerprint density at radius 2 is 1.68 bits per heavy atom. The lowest BCUT2D eigenvalue weighted by atomic mass is 9.88. The Labute approximate surface area is 162 Å². The molecule has 6 heteroatoms. The first-order valence-electron chi connectivity index (χ1n) is 9.22. The van der Waals surface area contributed by atoms with Crippen molar-refractivity contribution >= 4 is 23.7 Å². The number of carbonyl (C=O) groups is 3. The molecule has 0 saturated carbocycles. The summed E-state index contributed by atoms with van der Waals surface area (Å²) in [5.41, 5.74) is 0.425. The summed E-state index contributed by atoms with van der Waals surface area (Å²) in [5.74, 6) is -1.29. The molecule has 0 spiro atoms. The molecule has 28 heavy (non-hydrogen) atoms. The van der Waals surface area contributed by atoms with Crippen molar-refractivity contribution in [3.05, 3.63) is 71.8 Å². The van der Waals surface area contributed by atoms with E-state index in [0.717, 1.165) is 5.56 Å². The number of rotatable bonds is 5. The number of ether oxygens (including phenoxy) is 1. The minimum absolute atomic E-state index is 0.0880. The van der Waals surface area contributed by atoms with E-state index in [1.54, 1.807) is 6.92 Å². The molecule has 0 unspecified atom stereocenters. The van der Waals surface area contributed by atoms with Crippen molar-refractivity contribution in [3.63, 3.8) is 0 Å². The minimum Gasteiger partial charge on any atom is -0.405 e. The van der Waals surface area contributed by atoms with Crippen LogP contribution in [0.5, 0.6) is 0 Å². The molecule has 2 amide bonds. The second-order valence-electron chi connectivity index (χ2n) is 7.36. The smallest absolute Gasteiger partial charge is 0.340 e. The first kappa shape index (κ1) is 18.1. The van der Waals surface area contributed by atoms with Crippen LogP contribution in [0.4, 0.5) is 0 Å². The number of imide groups is 1. The summed E-state index contributed by atoms with van der Waals surface area (Å²) in [6.07, 6.45) is 0.239. The van der Waals surface area contributed by atoms with Gasteiger partial charge in [0.05, 0.1) is 12.5 Å². The summed E-state index contributed by atoms with van der Waals surface area (Å²) in [6.45, 7) is 1.90. The normalized spacial score (nSPS) is 24.5. The van der Waals surface area contributed by atoms with Gasteiger partial charge in [0, 0.05) is 12.0 Å². The van der Waals surface area contributed by atoms with E-state index >= 15 is 0 Å². The summed E-state index contributed by atoms with van der Waals surface area (Å²) in [4.78, 5) is 43.4. The summed E-state index contributed by atoms with van der Waals surface area (Å²) < 4.78 is 5.36. The van der Waals surface area contributed by atoms with Crippen molar-refractivity contribution in [2.75, 3.05) is 0 Å². The maximum Gasteiger partial charge on any atom is 0.340 e. The van der Waals surface area contributed by atoms with Gasteiger partial charge in [0.25, 0.3) is 0 Å². The van der Waals surface area contributed by atoms with E-state index < -0.39 is 17.4 Å². The molecule has 142 valence electrons. The van der Waals surface area contributed by atoms with Gasteiger partial charge < -0.3 is 4.74 Å². The van der Waals surface area contributed by atoms with Crippen LogP contribution in [-0.2, 0) is 25.7 Å². The van der Waals surface area contributed by atoms with Gasteiger partial charge in [0.15, 0.2) is 5.54 Å². The SMILES string of the molecule is C[C@@]1(C[C@@H]2CC(=O)N(Cc3ccccc3)C2=O)N=C(c2ccccc2)OC1=O. The van der Waals surface area contributed by atoms with Gasteiger partial charge in [-0.1, -0.05) is 48.5 Å². The van der Waals surface area contributed by atoms with Crippen LogP contribution in [0.1, 0.15) is 30.9 Å². The molecule has 0 bridgehead atoms. The van der Waals surface area contributed by atoms with Crippen LogP contribution in [0.2, 0.25) is 0 Å². The van der Waals surface area contributed by atoms with Crippen molar-refractivity contribution in [2.24, 2.45) is 10.9 Å². The molecule has 2 aliphatic rings. The zero-order chi connectivity index (χ0) is 19.7. The summed E-state index contributed by atoms with van der Waals surface area (Å²) in [6, 6.07) is 18.5. The number of hydrogen-bond donors (Lipinski definition) is 0. The van der Waals surface area contributed by atoms with Crippen LogP contribution in [-0.4, -0.2) is 34.1 Å². The van der Waals surface area contributed by atoms with E-state index in [9.17, 15) is 14.4 Å². The monoisotopic (exact) mass is 376 g/mol. The lowest BCUT2D eigenvalue weighted by Gasteiger charge is -2.20. The number of nitrogens with zero attached hydrogens (tertiary/aromatic N) is 2. The van der Waals surface area contributed by atoms with Crippen molar-refractivity contribution in [1.29, 1.82) is 0 Å². The maximum absolute atomic E-state index is 12.8. The molecule has 4 rings (SSSR count). The van der Waals surface area contributed by atoms with Crippen LogP contribution < -0.4 is 0 Å². The van der Waals surface area contributed by atoms with E-state index in [1.165, 1.54) is 4.90 Å². The molecule has 2 aliphatic heterocycles. The summed E-state index contributed by atoms with van der Waals surface area (Å²) in [7, 11) is 0. The Kier molecular flexibility index (Phi) is 4.55. The topological polar surface area (TPSA) is 76.0 Å². The van der Waals surface area contributed by atoms with E-state index in [-0.39, 0.29) is 37.1 Å². The average molecular weight is 376 g/mol. The highest BCUT2D eigenvalue weighted by Gasteiger charge is 2.48. The summed E-state index contributed by atoms with van der Waals surface area (Å²) in [5, 5.41) is 0. The van der Waals surface area contributed by atoms with Crippen molar-refractivity contribution in [3.8, 4) is 0 Å². The molecule has 6 nitrogen and oxygen atoms in total. The van der Waals surface area contributed by atoms with E-state index in [4.69, 9.17) is 4.74 Å². The molecule has 0 radical (unpaired) electrons. The quantitative estimate of drug-likeness (QED) is 0.594. The third-order valence-corrected chi connectivity index (χ3v) is 5.16. The highest BCUT2D eigenvalue weighted by molar-refractivity contribution is 6.08. The van der Waals surface area contributed by atoms with Gasteiger partial charge in [-0.25, -0.2) is 9.79 Å². The van der Waals surface area contributed by atoms with Crippen LogP contribution in [0.3, 0.4) is 0 Å². The van der Waals surface area contributed by atoms with Gasteiger partial charge in [-0.3, -0.25) is 14.5 Å². The lowest BCUT2D eigenvalue weighted by molar-refractivity contribution is -0.140. The number of amides is 2. The number of hydrogen-bond acceptors (Lipinski definition) is 5. The lowest BCUT2D eigenvalue weighted by Crippen LogP contribution is -2.36. The standard InChI is InChI=1S/C22H20N2O4/c1-22(21(27)28-19(23-22)16-10-6-3-7-11-16)13-17-12-18(25)24(20(17)26)14-15-8-4-2-5-9-15/h2-11,17H,12-14H2,1H3/t17-,22-/m0/s1. The van der Waals surface area contributed by atoms with E-state index in [0.29, 0.717) is 5.56 Å². The van der Waals surface area contributed by atoms with Gasteiger partial charge in [0.2, 0.25) is 17.7 Å². The average Bonchev–Trinajstić information content (AvgIpc) is 3.14. The molecular weight excluding hydrogens is 356 g/mol. The molecule has 1 saturated heterocycles. The second-order valence-corrected chi connectivity index (χ2v) is 7.36. The Hall–Kier alpha value is -3.28. The molecule has 2 heterocycles. The van der Waals surface area contributed by atoms with Gasteiger partial charge >= 0.3 is 5.97 Å². The first-order chi connectivity index (χ1) is 13.5. The number of carbonyl (C=O) groups excluding carboxylic acids is 3. The highest BCUT2D eigenvalue weighted by atomic mass is 16.6. The molecule has 2 aromatic carbocycles. The van der Waals surface area contributed by atoms with Gasteiger partial charge in [-0.2, -0.15) is 0 Å². The third kappa shape index (κ3) is 3.33. The van der Waals surface area contributed by atoms with Crippen LogP contribution >= 0.6 is 0 Å². The second kappa shape index (κ2) is 7.03. The Balaban J connectivity index is 1.51. The minimum atomic E-state index is -1.17. The van der Waals surface area contributed by atoms with Crippen LogP contribution in [0.15, 0.2) is 65.7 Å². The molecule has 0 N–H and O–H groups in total. The first-order valence-corrected chi connectivity index (χ1v) is 9.22. The predicted molar refractivity (Wildman–Crippen MR) is 102 cm³/mol. The molecule has 0 aliphatic carbocycles. The van der Waals surface area contributed by atoms with E-state index in [2.05, 4.69) is 4.99 Å². The van der Waals surface area contributed by atoms with E-state index in [1.807, 2.05) is 60.7 Å². The number of esters is 1. The van der Waals surface area contributed by atoms with Crippen molar-refractivity contribution in [2.45, 2.75) is 31.8 Å². The van der Waals surface area contributed by atoms with Gasteiger partial charge in [-0.15, -0.1) is 0 Å². The molecule has 2 atom stereocenters. The predicted octanol–water partition coefficient (Wildman–Crippen LogP) is 2.71. The molecular formula is C22H20N2O4. The fraction of sp³-hybridized carbons (Fsp3) is 0.273. The molecule has 2 aromatic rings. The number of aliphatic imine (C=N–C) groups is 1. The Bertz CT molecular complexity index is 955. The van der Waals surface area contributed by atoms with Gasteiger partial charge in [-0.05, 0) is 31.0 Å². The van der Waals surface area contributed by atoms with Gasteiger partial charge in [0.1, 0.15) is 0 Å². The maximum atomic E-state index is 12.8. The molecule has 1 fully saturated rings. The number of benzene rings is 2. The fourth-order valence-electron chi connectivity index (χ4n) is 3.65. The zero-order valence-corrected chi connectivity index (χ0v) is 15.5. The third-order valence-electron chi connectivity index (χ3n) is 5.16. The molecule has 0 aromatic heterocycles. The number of likely N-dealkylation sites (tertiary alicyclic amines) is 1. The van der Waals surface area contributed by atoms with Crippen LogP contribution in [0, 0.1) is 5.92 Å². The largest absolute Gasteiger partial charge is 0.405 e. The Morgan fingerprint density at radius 3 is 2.36 bits per heavy atom. The number of cyclic esters (lactones) is 1. The summed E-state index contributed by atoms with van der Waals surface area (Å²) >= 11 is 0. The van der Waals surface area contributed by atoms with Crippen LogP contribution in [0.25, 0.3) is 0 Å². The Morgan fingerprint density at radius 1 is 1.04 bits per heavy atom. The highest BCUT2D eigenvalue weighted by Crippen LogP contribution is 2.34. The van der Waals surface area contributed by atoms with Crippen molar-refractivity contribution in [1.82, 2.24) is 4.90 Å².